The molecule has 1 atom stereocenters. The quantitative estimate of drug-likeness (QED) is 0.773. The molecule has 1 aromatic rings. The molecule has 7 heteroatoms. The molecule has 21 heavy (non-hydrogen) atoms. The number of primary sulfonamides is 1. The molecule has 116 valence electrons. The van der Waals surface area contributed by atoms with Crippen molar-refractivity contribution in [2.45, 2.75) is 31.1 Å². The first-order valence-corrected chi connectivity index (χ1v) is 8.58. The first kappa shape index (κ1) is 15.9. The van der Waals surface area contributed by atoms with Crippen molar-refractivity contribution in [3.05, 3.63) is 24.3 Å². The van der Waals surface area contributed by atoms with E-state index in [0.717, 1.165) is 19.4 Å². The van der Waals surface area contributed by atoms with Gasteiger partial charge in [0.2, 0.25) is 15.9 Å². The van der Waals surface area contributed by atoms with E-state index in [2.05, 4.69) is 10.6 Å². The van der Waals surface area contributed by atoms with Crippen molar-refractivity contribution in [1.29, 1.82) is 0 Å². The minimum Gasteiger partial charge on any atom is -0.324 e. The Bertz CT molecular complexity index is 622. The van der Waals surface area contributed by atoms with Gasteiger partial charge in [-0.2, -0.15) is 0 Å². The predicted octanol–water partition coefficient (Wildman–Crippen LogP) is 1.05. The van der Waals surface area contributed by atoms with Crippen molar-refractivity contribution in [2.75, 3.05) is 18.4 Å². The lowest BCUT2D eigenvalue weighted by molar-refractivity contribution is -0.126. The summed E-state index contributed by atoms with van der Waals surface area (Å²) in [4.78, 5) is 12.6. The predicted molar refractivity (Wildman–Crippen MR) is 81.3 cm³/mol. The Morgan fingerprint density at radius 3 is 2.71 bits per heavy atom. The maximum Gasteiger partial charge on any atom is 0.240 e. The fourth-order valence-electron chi connectivity index (χ4n) is 2.70. The number of anilines is 1. The van der Waals surface area contributed by atoms with Gasteiger partial charge in [0.05, 0.1) is 11.1 Å². The molecule has 1 fully saturated rings. The summed E-state index contributed by atoms with van der Waals surface area (Å²) in [7, 11) is -3.87. The number of para-hydroxylation sites is 1. The Labute approximate surface area is 125 Å². The van der Waals surface area contributed by atoms with Gasteiger partial charge >= 0.3 is 0 Å². The summed E-state index contributed by atoms with van der Waals surface area (Å²) in [6.07, 6.45) is 2.42. The van der Waals surface area contributed by atoms with Crippen LogP contribution in [0.15, 0.2) is 29.2 Å². The Kier molecular flexibility index (Phi) is 4.65. The number of rotatable bonds is 4. The van der Waals surface area contributed by atoms with Crippen LogP contribution in [0.1, 0.15) is 26.2 Å². The van der Waals surface area contributed by atoms with Crippen molar-refractivity contribution < 1.29 is 13.2 Å². The highest BCUT2D eigenvalue weighted by Crippen LogP contribution is 2.32. The van der Waals surface area contributed by atoms with Crippen molar-refractivity contribution in [3.8, 4) is 0 Å². The van der Waals surface area contributed by atoms with Crippen LogP contribution in [0.5, 0.6) is 0 Å². The second-order valence-electron chi connectivity index (χ2n) is 5.41. The van der Waals surface area contributed by atoms with E-state index in [1.54, 1.807) is 18.2 Å². The number of hydrogen-bond acceptors (Lipinski definition) is 4. The van der Waals surface area contributed by atoms with Gasteiger partial charge in [0.1, 0.15) is 4.90 Å². The third-order valence-corrected chi connectivity index (χ3v) is 5.04. The van der Waals surface area contributed by atoms with Gasteiger partial charge in [-0.3, -0.25) is 4.79 Å². The lowest BCUT2D eigenvalue weighted by atomic mass is 9.77. The van der Waals surface area contributed by atoms with E-state index in [1.807, 2.05) is 6.92 Å². The number of carbonyl (C=O) groups excluding carboxylic acids is 1. The first-order chi connectivity index (χ1) is 9.89. The molecule has 6 nitrogen and oxygen atoms in total. The lowest BCUT2D eigenvalue weighted by Crippen LogP contribution is -2.47. The van der Waals surface area contributed by atoms with Gasteiger partial charge in [-0.1, -0.05) is 19.1 Å². The van der Waals surface area contributed by atoms with Crippen LogP contribution in [0.4, 0.5) is 5.69 Å². The van der Waals surface area contributed by atoms with E-state index in [0.29, 0.717) is 13.0 Å². The largest absolute Gasteiger partial charge is 0.324 e. The Morgan fingerprint density at radius 1 is 1.43 bits per heavy atom. The molecule has 2 rings (SSSR count). The highest BCUT2D eigenvalue weighted by Gasteiger charge is 2.38. The number of piperidine rings is 1. The maximum absolute atomic E-state index is 12.6. The second-order valence-corrected chi connectivity index (χ2v) is 6.94. The van der Waals surface area contributed by atoms with Crippen LogP contribution in [-0.2, 0) is 14.8 Å². The Morgan fingerprint density at radius 2 is 2.14 bits per heavy atom. The molecule has 1 amide bonds. The molecular formula is C14H21N3O3S. The van der Waals surface area contributed by atoms with Gasteiger partial charge in [0.15, 0.2) is 0 Å². The molecule has 1 aliphatic heterocycles. The van der Waals surface area contributed by atoms with Crippen molar-refractivity contribution in [2.24, 2.45) is 10.6 Å². The molecule has 1 aliphatic rings. The lowest BCUT2D eigenvalue weighted by Gasteiger charge is -2.35. The van der Waals surface area contributed by atoms with Crippen LogP contribution in [0.25, 0.3) is 0 Å². The van der Waals surface area contributed by atoms with Crippen LogP contribution >= 0.6 is 0 Å². The molecule has 1 heterocycles. The number of benzene rings is 1. The van der Waals surface area contributed by atoms with Crippen LogP contribution in [0.3, 0.4) is 0 Å². The van der Waals surface area contributed by atoms with E-state index < -0.39 is 15.4 Å². The van der Waals surface area contributed by atoms with Gasteiger partial charge in [-0.25, -0.2) is 13.6 Å². The second kappa shape index (κ2) is 6.13. The average molecular weight is 311 g/mol. The summed E-state index contributed by atoms with van der Waals surface area (Å²) >= 11 is 0. The summed E-state index contributed by atoms with van der Waals surface area (Å²) in [5.41, 5.74) is -0.257. The van der Waals surface area contributed by atoms with Crippen LogP contribution in [-0.4, -0.2) is 27.4 Å². The van der Waals surface area contributed by atoms with E-state index in [1.165, 1.54) is 6.07 Å². The third-order valence-electron chi connectivity index (χ3n) is 4.07. The number of hydrogen-bond donors (Lipinski definition) is 3. The first-order valence-electron chi connectivity index (χ1n) is 7.03. The van der Waals surface area contributed by atoms with Crippen LogP contribution in [0, 0.1) is 5.41 Å². The van der Waals surface area contributed by atoms with E-state index in [-0.39, 0.29) is 16.5 Å². The monoisotopic (exact) mass is 311 g/mol. The third kappa shape index (κ3) is 3.42. The zero-order chi connectivity index (χ0) is 15.5. The average Bonchev–Trinajstić information content (AvgIpc) is 2.47. The molecule has 1 saturated heterocycles. The molecule has 0 spiro atoms. The molecule has 0 saturated carbocycles. The Balaban J connectivity index is 2.28. The molecule has 0 aromatic heterocycles. The summed E-state index contributed by atoms with van der Waals surface area (Å²) in [5.74, 6) is -0.159. The van der Waals surface area contributed by atoms with E-state index >= 15 is 0 Å². The maximum atomic E-state index is 12.6. The van der Waals surface area contributed by atoms with Gasteiger partial charge in [0, 0.05) is 6.54 Å². The van der Waals surface area contributed by atoms with E-state index in [4.69, 9.17) is 5.14 Å². The summed E-state index contributed by atoms with van der Waals surface area (Å²) in [6, 6.07) is 6.19. The molecule has 0 aliphatic carbocycles. The highest BCUT2D eigenvalue weighted by atomic mass is 32.2. The fraction of sp³-hybridized carbons (Fsp3) is 0.500. The van der Waals surface area contributed by atoms with Crippen molar-refractivity contribution in [3.63, 3.8) is 0 Å². The number of nitrogens with one attached hydrogen (secondary N) is 2. The minimum absolute atomic E-state index is 0.0617. The number of amides is 1. The molecule has 1 unspecified atom stereocenters. The molecule has 0 bridgehead atoms. The standard InChI is InChI=1S/C14H21N3O3S/c1-2-14(8-5-9-16-10-14)13(18)17-11-6-3-4-7-12(11)21(15,19)20/h3-4,6-7,16H,2,5,8-10H2,1H3,(H,17,18)(H2,15,19,20). The Hall–Kier alpha value is -1.44. The summed E-state index contributed by atoms with van der Waals surface area (Å²) in [6.45, 7) is 3.48. The number of carbonyl (C=O) groups is 1. The minimum atomic E-state index is -3.87. The van der Waals surface area contributed by atoms with Crippen LogP contribution in [0.2, 0.25) is 0 Å². The smallest absolute Gasteiger partial charge is 0.240 e. The molecule has 4 N–H and O–H groups in total. The van der Waals surface area contributed by atoms with Crippen LogP contribution < -0.4 is 15.8 Å². The van der Waals surface area contributed by atoms with Gasteiger partial charge in [-0.15, -0.1) is 0 Å². The zero-order valence-corrected chi connectivity index (χ0v) is 12.9. The SMILES string of the molecule is CCC1(C(=O)Nc2ccccc2S(N)(=O)=O)CCCNC1. The van der Waals surface area contributed by atoms with Crippen molar-refractivity contribution >= 4 is 21.6 Å². The molecular weight excluding hydrogens is 290 g/mol. The summed E-state index contributed by atoms with van der Waals surface area (Å²) < 4.78 is 23.1. The summed E-state index contributed by atoms with van der Waals surface area (Å²) in [5, 5.41) is 11.2. The number of nitrogens with two attached hydrogens (primary N) is 1. The van der Waals surface area contributed by atoms with Gasteiger partial charge < -0.3 is 10.6 Å². The van der Waals surface area contributed by atoms with Crippen molar-refractivity contribution in [1.82, 2.24) is 5.32 Å². The highest BCUT2D eigenvalue weighted by molar-refractivity contribution is 7.89. The zero-order valence-electron chi connectivity index (χ0n) is 12.1. The number of sulfonamides is 1. The molecule has 0 radical (unpaired) electrons. The normalized spacial score (nSPS) is 22.8. The topological polar surface area (TPSA) is 101 Å². The van der Waals surface area contributed by atoms with Gasteiger partial charge in [0.25, 0.3) is 0 Å². The molecule has 1 aromatic carbocycles. The fourth-order valence-corrected chi connectivity index (χ4v) is 3.39. The van der Waals surface area contributed by atoms with Gasteiger partial charge in [-0.05, 0) is 37.9 Å². The van der Waals surface area contributed by atoms with E-state index in [9.17, 15) is 13.2 Å².